The first-order valence-corrected chi connectivity index (χ1v) is 7.91. The van der Waals surface area contributed by atoms with E-state index in [0.29, 0.717) is 11.5 Å². The van der Waals surface area contributed by atoms with E-state index in [0.717, 1.165) is 5.56 Å². The summed E-state index contributed by atoms with van der Waals surface area (Å²) in [4.78, 5) is 0.499. The number of hydrogen-bond donors (Lipinski definition) is 1. The SMILES string of the molecule is O=S(CC(O)COCc1ccccc1)c1ccc(F)cc1. The third-order valence-corrected chi connectivity index (χ3v) is 4.33. The minimum Gasteiger partial charge on any atom is -0.390 e. The van der Waals surface area contributed by atoms with Gasteiger partial charge in [0.25, 0.3) is 0 Å². The molecule has 0 aliphatic rings. The molecule has 2 aromatic carbocycles. The fraction of sp³-hybridized carbons (Fsp3) is 0.250. The number of hydrogen-bond acceptors (Lipinski definition) is 3. The van der Waals surface area contributed by atoms with E-state index >= 15 is 0 Å². The van der Waals surface area contributed by atoms with Gasteiger partial charge in [0.1, 0.15) is 5.82 Å². The smallest absolute Gasteiger partial charge is 0.123 e. The summed E-state index contributed by atoms with van der Waals surface area (Å²) in [5.41, 5.74) is 1.02. The van der Waals surface area contributed by atoms with Gasteiger partial charge in [-0.1, -0.05) is 30.3 Å². The predicted molar refractivity (Wildman–Crippen MR) is 79.8 cm³/mol. The molecule has 0 aliphatic heterocycles. The second-order valence-corrected chi connectivity index (χ2v) is 6.12. The first-order chi connectivity index (χ1) is 10.1. The number of benzene rings is 2. The molecule has 2 unspecified atom stereocenters. The quantitative estimate of drug-likeness (QED) is 0.855. The van der Waals surface area contributed by atoms with E-state index in [1.807, 2.05) is 30.3 Å². The van der Waals surface area contributed by atoms with Gasteiger partial charge in [0.05, 0.1) is 35.9 Å². The number of aliphatic hydroxyl groups excluding tert-OH is 1. The maximum Gasteiger partial charge on any atom is 0.123 e. The molecule has 0 amide bonds. The van der Waals surface area contributed by atoms with Crippen LogP contribution >= 0.6 is 0 Å². The maximum absolute atomic E-state index is 12.8. The lowest BCUT2D eigenvalue weighted by Gasteiger charge is -2.11. The van der Waals surface area contributed by atoms with Crippen molar-refractivity contribution >= 4 is 10.8 Å². The monoisotopic (exact) mass is 308 g/mol. The summed E-state index contributed by atoms with van der Waals surface area (Å²) in [7, 11) is -1.37. The molecule has 5 heteroatoms. The number of ether oxygens (including phenoxy) is 1. The Bertz CT molecular complexity index is 572. The third kappa shape index (κ3) is 5.38. The van der Waals surface area contributed by atoms with Crippen LogP contribution in [0.25, 0.3) is 0 Å². The highest BCUT2D eigenvalue weighted by Crippen LogP contribution is 2.09. The van der Waals surface area contributed by atoms with E-state index in [9.17, 15) is 13.7 Å². The van der Waals surface area contributed by atoms with Crippen molar-refractivity contribution in [2.75, 3.05) is 12.4 Å². The van der Waals surface area contributed by atoms with Gasteiger partial charge in [-0.15, -0.1) is 0 Å². The molecular formula is C16H17FO3S. The van der Waals surface area contributed by atoms with Crippen LogP contribution in [0.5, 0.6) is 0 Å². The van der Waals surface area contributed by atoms with Crippen LogP contribution in [0, 0.1) is 5.82 Å². The summed E-state index contributed by atoms with van der Waals surface area (Å²) in [6.45, 7) is 0.517. The third-order valence-electron chi connectivity index (χ3n) is 2.84. The molecule has 2 atom stereocenters. The fourth-order valence-corrected chi connectivity index (χ4v) is 2.87. The van der Waals surface area contributed by atoms with Crippen LogP contribution in [0.15, 0.2) is 59.5 Å². The standard InChI is InChI=1S/C16H17FO3S/c17-14-6-8-16(9-7-14)21(19)12-15(18)11-20-10-13-4-2-1-3-5-13/h1-9,15,18H,10-12H2. The predicted octanol–water partition coefficient (Wildman–Crippen LogP) is 2.51. The normalized spacial score (nSPS) is 13.8. The van der Waals surface area contributed by atoms with E-state index < -0.39 is 16.9 Å². The molecule has 0 saturated heterocycles. The molecule has 0 radical (unpaired) electrons. The van der Waals surface area contributed by atoms with Crippen LogP contribution in [-0.2, 0) is 22.1 Å². The van der Waals surface area contributed by atoms with Gasteiger partial charge in [-0.3, -0.25) is 4.21 Å². The molecule has 0 aromatic heterocycles. The van der Waals surface area contributed by atoms with Gasteiger partial charge < -0.3 is 9.84 Å². The Kier molecular flexibility index (Phi) is 6.04. The highest BCUT2D eigenvalue weighted by Gasteiger charge is 2.12. The zero-order valence-electron chi connectivity index (χ0n) is 11.4. The van der Waals surface area contributed by atoms with E-state index in [1.54, 1.807) is 0 Å². The minimum absolute atomic E-state index is 0.0699. The second-order valence-electron chi connectivity index (χ2n) is 4.62. The van der Waals surface area contributed by atoms with E-state index in [1.165, 1.54) is 24.3 Å². The zero-order valence-corrected chi connectivity index (χ0v) is 12.3. The van der Waals surface area contributed by atoms with Crippen molar-refractivity contribution in [3.05, 3.63) is 66.0 Å². The molecular weight excluding hydrogens is 291 g/mol. The Morgan fingerprint density at radius 1 is 1.10 bits per heavy atom. The molecule has 0 heterocycles. The molecule has 112 valence electrons. The van der Waals surface area contributed by atoms with Crippen molar-refractivity contribution in [3.63, 3.8) is 0 Å². The number of rotatable bonds is 7. The summed E-state index contributed by atoms with van der Waals surface area (Å²) in [5.74, 6) is -0.303. The first kappa shape index (κ1) is 15.8. The van der Waals surface area contributed by atoms with E-state index in [-0.39, 0.29) is 18.2 Å². The molecule has 0 bridgehead atoms. The number of aliphatic hydroxyl groups is 1. The van der Waals surface area contributed by atoms with Gasteiger partial charge in [-0.2, -0.15) is 0 Å². The summed E-state index contributed by atoms with van der Waals surface area (Å²) < 4.78 is 30.1. The topological polar surface area (TPSA) is 46.5 Å². The number of halogens is 1. The van der Waals surface area contributed by atoms with Gasteiger partial charge in [0.15, 0.2) is 0 Å². The largest absolute Gasteiger partial charge is 0.390 e. The molecule has 1 N–H and O–H groups in total. The molecule has 0 saturated carbocycles. The summed E-state index contributed by atoms with van der Waals surface area (Å²) in [6.07, 6.45) is -0.820. The summed E-state index contributed by atoms with van der Waals surface area (Å²) in [6, 6.07) is 15.1. The molecule has 3 nitrogen and oxygen atoms in total. The van der Waals surface area contributed by atoms with Crippen LogP contribution in [-0.4, -0.2) is 27.8 Å². The average Bonchev–Trinajstić information content (AvgIpc) is 2.49. The highest BCUT2D eigenvalue weighted by atomic mass is 32.2. The zero-order chi connectivity index (χ0) is 15.1. The van der Waals surface area contributed by atoms with E-state index in [4.69, 9.17) is 4.74 Å². The van der Waals surface area contributed by atoms with Crippen molar-refractivity contribution < 1.29 is 18.4 Å². The lowest BCUT2D eigenvalue weighted by atomic mass is 10.2. The van der Waals surface area contributed by atoms with Crippen LogP contribution in [0.3, 0.4) is 0 Å². The van der Waals surface area contributed by atoms with Gasteiger partial charge in [-0.25, -0.2) is 4.39 Å². The molecule has 21 heavy (non-hydrogen) atoms. The highest BCUT2D eigenvalue weighted by molar-refractivity contribution is 7.85. The molecule has 0 fully saturated rings. The Morgan fingerprint density at radius 2 is 1.76 bits per heavy atom. The van der Waals surface area contributed by atoms with Crippen LogP contribution in [0.4, 0.5) is 4.39 Å². The molecule has 2 aromatic rings. The van der Waals surface area contributed by atoms with Crippen molar-refractivity contribution in [1.29, 1.82) is 0 Å². The first-order valence-electron chi connectivity index (χ1n) is 6.59. The average molecular weight is 308 g/mol. The summed E-state index contributed by atoms with van der Waals surface area (Å²) >= 11 is 0. The van der Waals surface area contributed by atoms with Gasteiger partial charge in [-0.05, 0) is 29.8 Å². The van der Waals surface area contributed by atoms with Crippen molar-refractivity contribution in [3.8, 4) is 0 Å². The van der Waals surface area contributed by atoms with Crippen LogP contribution in [0.1, 0.15) is 5.56 Å². The molecule has 0 aliphatic carbocycles. The second kappa shape index (κ2) is 8.02. The Morgan fingerprint density at radius 3 is 2.43 bits per heavy atom. The summed E-state index contributed by atoms with van der Waals surface area (Å²) in [5, 5.41) is 9.82. The van der Waals surface area contributed by atoms with Crippen LogP contribution in [0.2, 0.25) is 0 Å². The van der Waals surface area contributed by atoms with Gasteiger partial charge in [0.2, 0.25) is 0 Å². The maximum atomic E-state index is 12.8. The Hall–Kier alpha value is -1.56. The van der Waals surface area contributed by atoms with Crippen LogP contribution < -0.4 is 0 Å². The van der Waals surface area contributed by atoms with Crippen molar-refractivity contribution in [1.82, 2.24) is 0 Å². The Labute approximate surface area is 125 Å². The van der Waals surface area contributed by atoms with Crippen molar-refractivity contribution in [2.45, 2.75) is 17.6 Å². The van der Waals surface area contributed by atoms with E-state index in [2.05, 4.69) is 0 Å². The lowest BCUT2D eigenvalue weighted by molar-refractivity contribution is 0.0394. The van der Waals surface area contributed by atoms with Gasteiger partial charge >= 0.3 is 0 Å². The Balaban J connectivity index is 1.75. The molecule has 0 spiro atoms. The molecule has 2 rings (SSSR count). The minimum atomic E-state index is -1.37. The lowest BCUT2D eigenvalue weighted by Crippen LogP contribution is -2.22. The van der Waals surface area contributed by atoms with Gasteiger partial charge in [0, 0.05) is 4.90 Å². The fourth-order valence-electron chi connectivity index (χ4n) is 1.79. The van der Waals surface area contributed by atoms with Crippen molar-refractivity contribution in [2.24, 2.45) is 0 Å².